The van der Waals surface area contributed by atoms with Crippen LogP contribution in [0.2, 0.25) is 0 Å². The molecule has 0 unspecified atom stereocenters. The van der Waals surface area contributed by atoms with Gasteiger partial charge in [-0.3, -0.25) is 4.79 Å². The molecule has 0 saturated carbocycles. The summed E-state index contributed by atoms with van der Waals surface area (Å²) in [6.45, 7) is 1.88. The van der Waals surface area contributed by atoms with Crippen molar-refractivity contribution in [2.75, 3.05) is 13.1 Å². The maximum Gasteiger partial charge on any atom is 0.224 e. The third kappa shape index (κ3) is 3.61. The molecule has 1 saturated heterocycles. The van der Waals surface area contributed by atoms with Gasteiger partial charge < -0.3 is 10.6 Å². The zero-order valence-corrected chi connectivity index (χ0v) is 12.3. The van der Waals surface area contributed by atoms with Gasteiger partial charge in [-0.25, -0.2) is 0 Å². The van der Waals surface area contributed by atoms with E-state index in [9.17, 15) is 4.79 Å². The molecule has 1 fully saturated rings. The number of hydrogen-bond acceptors (Lipinski definition) is 2. The molecule has 1 aliphatic heterocycles. The minimum atomic E-state index is 0.115. The van der Waals surface area contributed by atoms with Gasteiger partial charge in [0.15, 0.2) is 0 Å². The van der Waals surface area contributed by atoms with E-state index in [0.717, 1.165) is 25.1 Å². The predicted octanol–water partition coefficient (Wildman–Crippen LogP) is 2.64. The molecule has 110 valence electrons. The van der Waals surface area contributed by atoms with Crippen molar-refractivity contribution in [1.29, 1.82) is 0 Å². The van der Waals surface area contributed by atoms with E-state index in [0.29, 0.717) is 12.5 Å². The van der Waals surface area contributed by atoms with E-state index in [1.807, 2.05) is 24.3 Å². The van der Waals surface area contributed by atoms with Crippen molar-refractivity contribution in [2.24, 2.45) is 0 Å². The first-order valence-electron chi connectivity index (χ1n) is 7.79. The van der Waals surface area contributed by atoms with Crippen LogP contribution in [0, 0.1) is 0 Å². The molecule has 21 heavy (non-hydrogen) atoms. The summed E-state index contributed by atoms with van der Waals surface area (Å²) in [5.74, 6) is 0.115. The number of fused-ring (bicyclic) bond motifs is 1. The Morgan fingerprint density at radius 3 is 2.90 bits per heavy atom. The Morgan fingerprint density at radius 1 is 1.19 bits per heavy atom. The summed E-state index contributed by atoms with van der Waals surface area (Å²) < 4.78 is 0. The zero-order valence-electron chi connectivity index (χ0n) is 12.3. The Hall–Kier alpha value is -1.87. The van der Waals surface area contributed by atoms with Crippen LogP contribution < -0.4 is 10.6 Å². The first-order chi connectivity index (χ1) is 10.3. The van der Waals surface area contributed by atoms with Gasteiger partial charge in [0.05, 0.1) is 6.42 Å². The van der Waals surface area contributed by atoms with Gasteiger partial charge in [-0.15, -0.1) is 0 Å². The lowest BCUT2D eigenvalue weighted by Crippen LogP contribution is -2.31. The zero-order chi connectivity index (χ0) is 14.5. The Labute approximate surface area is 125 Å². The highest BCUT2D eigenvalue weighted by Gasteiger charge is 2.13. The van der Waals surface area contributed by atoms with Crippen molar-refractivity contribution in [3.63, 3.8) is 0 Å². The monoisotopic (exact) mass is 282 g/mol. The summed E-state index contributed by atoms with van der Waals surface area (Å²) in [6.07, 6.45) is 3.98. The van der Waals surface area contributed by atoms with E-state index in [1.165, 1.54) is 23.6 Å². The SMILES string of the molecule is O=C(Cc1cccc2ccccc12)NCC[C@H]1CCCN1. The fraction of sp³-hybridized carbons (Fsp3) is 0.389. The van der Waals surface area contributed by atoms with Gasteiger partial charge in [0.25, 0.3) is 0 Å². The largest absolute Gasteiger partial charge is 0.356 e. The fourth-order valence-corrected chi connectivity index (χ4v) is 3.07. The van der Waals surface area contributed by atoms with Crippen molar-refractivity contribution in [3.8, 4) is 0 Å². The van der Waals surface area contributed by atoms with Gasteiger partial charge in [-0.1, -0.05) is 42.5 Å². The highest BCUT2D eigenvalue weighted by atomic mass is 16.1. The second-order valence-electron chi connectivity index (χ2n) is 5.75. The van der Waals surface area contributed by atoms with Crippen molar-refractivity contribution in [2.45, 2.75) is 31.7 Å². The van der Waals surface area contributed by atoms with Crippen molar-refractivity contribution in [1.82, 2.24) is 10.6 Å². The average Bonchev–Trinajstić information content (AvgIpc) is 3.01. The standard InChI is InChI=1S/C18H22N2O/c21-18(20-12-10-16-8-4-11-19-16)13-15-7-3-6-14-5-1-2-9-17(14)15/h1-3,5-7,9,16,19H,4,8,10-13H2,(H,20,21)/t16-/m1/s1. The van der Waals surface area contributed by atoms with E-state index in [1.54, 1.807) is 0 Å². The van der Waals surface area contributed by atoms with Crippen molar-refractivity contribution in [3.05, 3.63) is 48.0 Å². The summed E-state index contributed by atoms with van der Waals surface area (Å²) in [5.41, 5.74) is 1.10. The van der Waals surface area contributed by atoms with Crippen LogP contribution in [0.3, 0.4) is 0 Å². The summed E-state index contributed by atoms with van der Waals surface area (Å²) in [6, 6.07) is 15.0. The van der Waals surface area contributed by atoms with Gasteiger partial charge in [0, 0.05) is 12.6 Å². The molecule has 0 radical (unpaired) electrons. The lowest BCUT2D eigenvalue weighted by Gasteiger charge is -2.11. The Morgan fingerprint density at radius 2 is 2.05 bits per heavy atom. The third-order valence-electron chi connectivity index (χ3n) is 4.21. The van der Waals surface area contributed by atoms with Gasteiger partial charge in [0.2, 0.25) is 5.91 Å². The average molecular weight is 282 g/mol. The lowest BCUT2D eigenvalue weighted by molar-refractivity contribution is -0.120. The van der Waals surface area contributed by atoms with Crippen LogP contribution in [0.15, 0.2) is 42.5 Å². The number of rotatable bonds is 5. The molecule has 1 amide bonds. The molecule has 3 heteroatoms. The first-order valence-corrected chi connectivity index (χ1v) is 7.79. The second-order valence-corrected chi connectivity index (χ2v) is 5.75. The number of carbonyl (C=O) groups is 1. The third-order valence-corrected chi connectivity index (χ3v) is 4.21. The van der Waals surface area contributed by atoms with E-state index in [2.05, 4.69) is 28.8 Å². The van der Waals surface area contributed by atoms with Crippen LogP contribution >= 0.6 is 0 Å². The number of amides is 1. The molecule has 1 heterocycles. The molecule has 3 rings (SSSR count). The first kappa shape index (κ1) is 14.1. The lowest BCUT2D eigenvalue weighted by atomic mass is 10.0. The van der Waals surface area contributed by atoms with Gasteiger partial charge in [-0.2, -0.15) is 0 Å². The molecular formula is C18H22N2O. The van der Waals surface area contributed by atoms with Gasteiger partial charge >= 0.3 is 0 Å². The summed E-state index contributed by atoms with van der Waals surface area (Å²) in [4.78, 5) is 12.1. The summed E-state index contributed by atoms with van der Waals surface area (Å²) in [5, 5.41) is 8.86. The molecule has 1 aliphatic rings. The molecule has 2 aromatic rings. The minimum absolute atomic E-state index is 0.115. The molecule has 1 atom stereocenters. The molecule has 0 aliphatic carbocycles. The van der Waals surface area contributed by atoms with Gasteiger partial charge in [0.1, 0.15) is 0 Å². The van der Waals surface area contributed by atoms with Crippen molar-refractivity contribution >= 4 is 16.7 Å². The van der Waals surface area contributed by atoms with E-state index in [4.69, 9.17) is 0 Å². The number of carbonyl (C=O) groups excluding carboxylic acids is 1. The molecule has 0 spiro atoms. The van der Waals surface area contributed by atoms with Gasteiger partial charge in [-0.05, 0) is 42.1 Å². The molecule has 0 aromatic heterocycles. The van der Waals surface area contributed by atoms with Crippen LogP contribution in [-0.2, 0) is 11.2 Å². The van der Waals surface area contributed by atoms with Crippen LogP contribution in [-0.4, -0.2) is 25.0 Å². The summed E-state index contributed by atoms with van der Waals surface area (Å²) >= 11 is 0. The smallest absolute Gasteiger partial charge is 0.224 e. The second kappa shape index (κ2) is 6.72. The van der Waals surface area contributed by atoms with Crippen LogP contribution in [0.5, 0.6) is 0 Å². The van der Waals surface area contributed by atoms with Crippen LogP contribution in [0.1, 0.15) is 24.8 Å². The number of nitrogens with one attached hydrogen (secondary N) is 2. The maximum absolute atomic E-state index is 12.1. The van der Waals surface area contributed by atoms with E-state index in [-0.39, 0.29) is 5.91 Å². The number of benzene rings is 2. The normalized spacial score (nSPS) is 18.0. The van der Waals surface area contributed by atoms with Crippen LogP contribution in [0.4, 0.5) is 0 Å². The summed E-state index contributed by atoms with van der Waals surface area (Å²) in [7, 11) is 0. The van der Waals surface area contributed by atoms with E-state index >= 15 is 0 Å². The Balaban J connectivity index is 1.56. The molecule has 2 aromatic carbocycles. The highest BCUT2D eigenvalue weighted by Crippen LogP contribution is 2.18. The molecule has 0 bridgehead atoms. The maximum atomic E-state index is 12.1. The highest BCUT2D eigenvalue weighted by molar-refractivity contribution is 5.90. The quantitative estimate of drug-likeness (QED) is 0.885. The topological polar surface area (TPSA) is 41.1 Å². The van der Waals surface area contributed by atoms with E-state index < -0.39 is 0 Å². The predicted molar refractivity (Wildman–Crippen MR) is 86.3 cm³/mol. The molecule has 3 nitrogen and oxygen atoms in total. The Bertz CT molecular complexity index is 612. The molecule has 2 N–H and O–H groups in total. The number of hydrogen-bond donors (Lipinski definition) is 2. The fourth-order valence-electron chi connectivity index (χ4n) is 3.07. The van der Waals surface area contributed by atoms with Crippen molar-refractivity contribution < 1.29 is 4.79 Å². The van der Waals surface area contributed by atoms with Crippen LogP contribution in [0.25, 0.3) is 10.8 Å². The molecular weight excluding hydrogens is 260 g/mol. The minimum Gasteiger partial charge on any atom is -0.356 e. The Kier molecular flexibility index (Phi) is 4.51.